The molecule has 0 unspecified atom stereocenters. The lowest BCUT2D eigenvalue weighted by atomic mass is 10.1. The van der Waals surface area contributed by atoms with Crippen LogP contribution in [0, 0.1) is 12.7 Å². The molecule has 2 N–H and O–H groups in total. The first-order valence-electron chi connectivity index (χ1n) is 7.52. The fraction of sp³-hybridized carbons (Fsp3) is 0.278. The molecule has 0 aliphatic rings. The van der Waals surface area contributed by atoms with Gasteiger partial charge < -0.3 is 15.4 Å². The monoisotopic (exact) mass is 352 g/mol. The highest BCUT2D eigenvalue weighted by atomic mass is 35.5. The largest absolute Gasteiger partial charge is 0.457 e. The van der Waals surface area contributed by atoms with Crippen LogP contribution in [0.1, 0.15) is 17.5 Å². The van der Waals surface area contributed by atoms with Crippen molar-refractivity contribution in [3.8, 4) is 11.5 Å². The molecule has 4 nitrogen and oxygen atoms in total. The Morgan fingerprint density at radius 3 is 2.50 bits per heavy atom. The molecule has 0 saturated carbocycles. The Morgan fingerprint density at radius 2 is 1.88 bits per heavy atom. The molecule has 0 heterocycles. The number of ether oxygens (including phenoxy) is 1. The third-order valence-corrected chi connectivity index (χ3v) is 3.37. The Balaban J connectivity index is 0.00000288. The van der Waals surface area contributed by atoms with Crippen LogP contribution in [0.25, 0.3) is 0 Å². The zero-order chi connectivity index (χ0) is 16.7. The van der Waals surface area contributed by atoms with E-state index in [0.717, 1.165) is 11.1 Å². The Morgan fingerprint density at radius 1 is 1.17 bits per heavy atom. The lowest BCUT2D eigenvalue weighted by molar-refractivity contribution is -0.121. The van der Waals surface area contributed by atoms with Crippen LogP contribution in [-0.2, 0) is 11.3 Å². The van der Waals surface area contributed by atoms with Crippen LogP contribution in [0.3, 0.4) is 0 Å². The molecule has 0 aliphatic heterocycles. The van der Waals surface area contributed by atoms with Gasteiger partial charge in [-0.05, 0) is 55.4 Å². The molecule has 0 atom stereocenters. The zero-order valence-corrected chi connectivity index (χ0v) is 14.6. The maximum atomic E-state index is 12.9. The topological polar surface area (TPSA) is 50.4 Å². The molecule has 0 saturated heterocycles. The molecule has 24 heavy (non-hydrogen) atoms. The van der Waals surface area contributed by atoms with E-state index < -0.39 is 0 Å². The number of amides is 1. The minimum Gasteiger partial charge on any atom is -0.457 e. The lowest BCUT2D eigenvalue weighted by Crippen LogP contribution is -2.26. The number of benzene rings is 2. The van der Waals surface area contributed by atoms with E-state index in [9.17, 15) is 9.18 Å². The Bertz CT molecular complexity index is 663. The molecular formula is C18H22ClFN2O2. The van der Waals surface area contributed by atoms with Crippen LogP contribution in [0.2, 0.25) is 0 Å². The molecule has 0 radical (unpaired) electrons. The quantitative estimate of drug-likeness (QED) is 0.801. The van der Waals surface area contributed by atoms with Crippen LogP contribution in [0.5, 0.6) is 11.5 Å². The van der Waals surface area contributed by atoms with Crippen molar-refractivity contribution in [2.45, 2.75) is 19.9 Å². The fourth-order valence-corrected chi connectivity index (χ4v) is 2.09. The van der Waals surface area contributed by atoms with Gasteiger partial charge in [-0.15, -0.1) is 12.4 Å². The van der Waals surface area contributed by atoms with Gasteiger partial charge in [0.15, 0.2) is 0 Å². The number of nitrogens with one attached hydrogen (secondary N) is 2. The number of aryl methyl sites for hydroxylation is 1. The van der Waals surface area contributed by atoms with Gasteiger partial charge in [-0.3, -0.25) is 4.79 Å². The molecule has 130 valence electrons. The van der Waals surface area contributed by atoms with Gasteiger partial charge in [0.2, 0.25) is 5.91 Å². The number of rotatable bonds is 7. The van der Waals surface area contributed by atoms with Crippen LogP contribution < -0.4 is 15.4 Å². The van der Waals surface area contributed by atoms with Gasteiger partial charge in [0.25, 0.3) is 0 Å². The normalized spacial score (nSPS) is 9.96. The zero-order valence-electron chi connectivity index (χ0n) is 13.8. The van der Waals surface area contributed by atoms with Crippen LogP contribution in [0.15, 0.2) is 42.5 Å². The summed E-state index contributed by atoms with van der Waals surface area (Å²) in [6.07, 6.45) is 0.460. The van der Waals surface area contributed by atoms with E-state index >= 15 is 0 Å². The van der Waals surface area contributed by atoms with Crippen LogP contribution in [0.4, 0.5) is 4.39 Å². The number of carbonyl (C=O) groups is 1. The minimum absolute atomic E-state index is 0. The van der Waals surface area contributed by atoms with Crippen molar-refractivity contribution in [3.05, 3.63) is 59.4 Å². The summed E-state index contributed by atoms with van der Waals surface area (Å²) in [6, 6.07) is 11.6. The number of hydrogen-bond acceptors (Lipinski definition) is 3. The summed E-state index contributed by atoms with van der Waals surface area (Å²) in [7, 11) is 1.82. The standard InChI is InChI=1S/C18H21FN2O2.ClH/c1-13-11-14(12-21-18(22)9-10-20-2)3-8-17(13)23-16-6-4-15(19)5-7-16;/h3-8,11,20H,9-10,12H2,1-2H3,(H,21,22);1H. The van der Waals surface area contributed by atoms with Crippen molar-refractivity contribution >= 4 is 18.3 Å². The van der Waals surface area contributed by atoms with Gasteiger partial charge in [0.1, 0.15) is 17.3 Å². The number of halogens is 2. The molecule has 0 fully saturated rings. The number of hydrogen-bond donors (Lipinski definition) is 2. The summed E-state index contributed by atoms with van der Waals surface area (Å²) < 4.78 is 18.6. The summed E-state index contributed by atoms with van der Waals surface area (Å²) in [5.41, 5.74) is 1.96. The van der Waals surface area contributed by atoms with Crippen molar-refractivity contribution in [2.24, 2.45) is 0 Å². The molecule has 2 aromatic carbocycles. The lowest BCUT2D eigenvalue weighted by Gasteiger charge is -2.11. The van der Waals surface area contributed by atoms with E-state index in [0.29, 0.717) is 31.0 Å². The van der Waals surface area contributed by atoms with E-state index in [1.165, 1.54) is 12.1 Å². The summed E-state index contributed by atoms with van der Waals surface area (Å²) >= 11 is 0. The summed E-state index contributed by atoms with van der Waals surface area (Å²) in [5.74, 6) is 1.02. The highest BCUT2D eigenvalue weighted by molar-refractivity contribution is 5.85. The third kappa shape index (κ3) is 6.18. The van der Waals surface area contributed by atoms with Gasteiger partial charge in [0, 0.05) is 19.5 Å². The van der Waals surface area contributed by atoms with Gasteiger partial charge in [0.05, 0.1) is 0 Å². The van der Waals surface area contributed by atoms with E-state index in [-0.39, 0.29) is 24.1 Å². The van der Waals surface area contributed by atoms with E-state index in [4.69, 9.17) is 4.74 Å². The van der Waals surface area contributed by atoms with Crippen molar-refractivity contribution in [1.82, 2.24) is 10.6 Å². The molecule has 6 heteroatoms. The van der Waals surface area contributed by atoms with Gasteiger partial charge in [-0.25, -0.2) is 4.39 Å². The van der Waals surface area contributed by atoms with Crippen molar-refractivity contribution < 1.29 is 13.9 Å². The smallest absolute Gasteiger partial charge is 0.221 e. The Labute approximate surface area is 147 Å². The first kappa shape index (κ1) is 19.9. The average molecular weight is 353 g/mol. The summed E-state index contributed by atoms with van der Waals surface area (Å²) in [4.78, 5) is 11.6. The van der Waals surface area contributed by atoms with Gasteiger partial charge in [-0.1, -0.05) is 12.1 Å². The first-order chi connectivity index (χ1) is 11.1. The molecule has 0 spiro atoms. The average Bonchev–Trinajstić information content (AvgIpc) is 2.55. The van der Waals surface area contributed by atoms with Gasteiger partial charge >= 0.3 is 0 Å². The SMILES string of the molecule is CNCCC(=O)NCc1ccc(Oc2ccc(F)cc2)c(C)c1.Cl. The van der Waals surface area contributed by atoms with Crippen molar-refractivity contribution in [3.63, 3.8) is 0 Å². The molecule has 0 bridgehead atoms. The third-order valence-electron chi connectivity index (χ3n) is 3.37. The van der Waals surface area contributed by atoms with Gasteiger partial charge in [-0.2, -0.15) is 0 Å². The first-order valence-corrected chi connectivity index (χ1v) is 7.52. The van der Waals surface area contributed by atoms with Crippen LogP contribution >= 0.6 is 12.4 Å². The molecule has 1 amide bonds. The van der Waals surface area contributed by atoms with E-state index in [2.05, 4.69) is 10.6 Å². The predicted molar refractivity (Wildman–Crippen MR) is 95.3 cm³/mol. The minimum atomic E-state index is -0.293. The second kappa shape index (κ2) is 9.90. The number of carbonyl (C=O) groups excluding carboxylic acids is 1. The predicted octanol–water partition coefficient (Wildman–Crippen LogP) is 3.57. The highest BCUT2D eigenvalue weighted by Crippen LogP contribution is 2.25. The van der Waals surface area contributed by atoms with Crippen molar-refractivity contribution in [1.29, 1.82) is 0 Å². The Kier molecular flexibility index (Phi) is 8.22. The molecule has 0 aromatic heterocycles. The van der Waals surface area contributed by atoms with E-state index in [1.54, 1.807) is 12.1 Å². The van der Waals surface area contributed by atoms with E-state index in [1.807, 2.05) is 32.2 Å². The second-order valence-corrected chi connectivity index (χ2v) is 5.29. The summed E-state index contributed by atoms with van der Waals surface area (Å²) in [6.45, 7) is 3.08. The molecule has 0 aliphatic carbocycles. The molecule has 2 aromatic rings. The fourth-order valence-electron chi connectivity index (χ4n) is 2.09. The Hall–Kier alpha value is -2.11. The van der Waals surface area contributed by atoms with Crippen LogP contribution in [-0.4, -0.2) is 19.5 Å². The maximum absolute atomic E-state index is 12.9. The highest BCUT2D eigenvalue weighted by Gasteiger charge is 2.05. The second-order valence-electron chi connectivity index (χ2n) is 5.29. The maximum Gasteiger partial charge on any atom is 0.221 e. The van der Waals surface area contributed by atoms with Crippen molar-refractivity contribution in [2.75, 3.05) is 13.6 Å². The summed E-state index contributed by atoms with van der Waals surface area (Å²) in [5, 5.41) is 5.81. The molecule has 2 rings (SSSR count). The molecular weight excluding hydrogens is 331 g/mol.